The molecule has 5 nitrogen and oxygen atoms in total. The van der Waals surface area contributed by atoms with Gasteiger partial charge in [-0.15, -0.1) is 0 Å². The maximum atomic E-state index is 6.14. The van der Waals surface area contributed by atoms with Gasteiger partial charge in [0.1, 0.15) is 11.3 Å². The van der Waals surface area contributed by atoms with E-state index in [2.05, 4.69) is 41.8 Å². The van der Waals surface area contributed by atoms with Crippen LogP contribution < -0.4 is 5.73 Å². The van der Waals surface area contributed by atoms with Crippen LogP contribution in [0.3, 0.4) is 0 Å². The predicted molar refractivity (Wildman–Crippen MR) is 109 cm³/mol. The van der Waals surface area contributed by atoms with Crippen LogP contribution in [0.1, 0.15) is 70.7 Å². The van der Waals surface area contributed by atoms with Crippen molar-refractivity contribution in [2.45, 2.75) is 78.2 Å². The lowest BCUT2D eigenvalue weighted by Crippen LogP contribution is -2.38. The van der Waals surface area contributed by atoms with Crippen LogP contribution in [0.25, 0.3) is 11.0 Å². The number of H-pyrrole nitrogens is 1. The number of likely N-dealkylation sites (tertiary alicyclic amines) is 1. The maximum absolute atomic E-state index is 6.14. The average Bonchev–Trinajstić information content (AvgIpc) is 3.04. The number of nitrogens with one attached hydrogen (secondary N) is 1. The quantitative estimate of drug-likeness (QED) is 0.738. The third kappa shape index (κ3) is 4.56. The molecule has 3 heterocycles. The van der Waals surface area contributed by atoms with Crippen molar-refractivity contribution in [3.8, 4) is 0 Å². The number of piperidine rings is 1. The number of unbranched alkanes of at least 4 members (excludes halogenated alkanes) is 1. The first-order chi connectivity index (χ1) is 12.6. The molecule has 0 aromatic carbocycles. The fourth-order valence-corrected chi connectivity index (χ4v) is 4.10. The zero-order valence-electron chi connectivity index (χ0n) is 16.7. The Labute approximate surface area is 157 Å². The van der Waals surface area contributed by atoms with Gasteiger partial charge < -0.3 is 15.6 Å². The Morgan fingerprint density at radius 1 is 1.19 bits per heavy atom. The molecule has 0 bridgehead atoms. The average molecular weight is 358 g/mol. The molecule has 144 valence electrons. The number of anilines is 1. The predicted octanol–water partition coefficient (Wildman–Crippen LogP) is 4.33. The molecule has 0 spiro atoms. The van der Waals surface area contributed by atoms with Crippen LogP contribution in [0, 0.1) is 5.92 Å². The number of hydrogen-bond acceptors (Lipinski definition) is 4. The normalized spacial score (nSPS) is 16.8. The number of rotatable bonds is 8. The number of nitrogen functional groups attached to an aromatic ring is 1. The Morgan fingerprint density at radius 3 is 2.65 bits per heavy atom. The molecule has 0 amide bonds. The SMILES string of the molecule is CCCCc1nc(N)c2[nH]cc(CCCC3CCN(C(C)C)CC3)c2n1. The van der Waals surface area contributed by atoms with Crippen molar-refractivity contribution >= 4 is 16.9 Å². The Hall–Kier alpha value is -1.62. The standard InChI is InChI=1S/C21H35N5/c1-4-5-9-18-24-19-17(14-23-20(19)21(22)25-18)8-6-7-16-10-12-26(13-11-16)15(2)3/h14-16,23H,4-13H2,1-3H3,(H2,22,24,25). The van der Waals surface area contributed by atoms with Gasteiger partial charge in [0.2, 0.25) is 0 Å². The van der Waals surface area contributed by atoms with Crippen LogP contribution in [-0.4, -0.2) is 39.0 Å². The summed E-state index contributed by atoms with van der Waals surface area (Å²) in [5.41, 5.74) is 9.38. The Kier molecular flexibility index (Phi) is 6.52. The lowest BCUT2D eigenvalue weighted by molar-refractivity contribution is 0.145. The molecular weight excluding hydrogens is 322 g/mol. The molecule has 0 aliphatic carbocycles. The van der Waals surface area contributed by atoms with Crippen LogP contribution >= 0.6 is 0 Å². The van der Waals surface area contributed by atoms with Gasteiger partial charge >= 0.3 is 0 Å². The van der Waals surface area contributed by atoms with Crippen LogP contribution in [0.15, 0.2) is 6.20 Å². The number of aromatic nitrogens is 3. The van der Waals surface area contributed by atoms with E-state index in [1.165, 1.54) is 44.3 Å². The molecule has 3 rings (SSSR count). The summed E-state index contributed by atoms with van der Waals surface area (Å²) >= 11 is 0. The van der Waals surface area contributed by atoms with Crippen molar-refractivity contribution in [2.24, 2.45) is 5.92 Å². The number of nitrogens with two attached hydrogens (primary N) is 1. The molecule has 1 fully saturated rings. The van der Waals surface area contributed by atoms with Crippen molar-refractivity contribution in [1.82, 2.24) is 19.9 Å². The molecule has 5 heteroatoms. The summed E-state index contributed by atoms with van der Waals surface area (Å²) in [6, 6.07) is 0.689. The van der Waals surface area contributed by atoms with Gasteiger partial charge in [-0.25, -0.2) is 9.97 Å². The van der Waals surface area contributed by atoms with Crippen LogP contribution in [0.2, 0.25) is 0 Å². The number of nitrogens with zero attached hydrogens (tertiary/aromatic N) is 3. The second-order valence-corrected chi connectivity index (χ2v) is 8.13. The molecule has 0 atom stereocenters. The van der Waals surface area contributed by atoms with E-state index < -0.39 is 0 Å². The maximum Gasteiger partial charge on any atom is 0.151 e. The summed E-state index contributed by atoms with van der Waals surface area (Å²) in [6.07, 6.45) is 11.6. The van der Waals surface area contributed by atoms with Gasteiger partial charge in [0.05, 0.1) is 5.52 Å². The molecule has 1 aliphatic heterocycles. The summed E-state index contributed by atoms with van der Waals surface area (Å²) in [4.78, 5) is 15.2. The van der Waals surface area contributed by atoms with E-state index in [4.69, 9.17) is 10.7 Å². The second-order valence-electron chi connectivity index (χ2n) is 8.13. The summed E-state index contributed by atoms with van der Waals surface area (Å²) in [7, 11) is 0. The number of fused-ring (bicyclic) bond motifs is 1. The third-order valence-electron chi connectivity index (χ3n) is 5.87. The molecule has 0 unspecified atom stereocenters. The number of hydrogen-bond donors (Lipinski definition) is 2. The van der Waals surface area contributed by atoms with E-state index in [-0.39, 0.29) is 0 Å². The largest absolute Gasteiger partial charge is 0.382 e. The van der Waals surface area contributed by atoms with Gasteiger partial charge in [-0.1, -0.05) is 19.8 Å². The fraction of sp³-hybridized carbons (Fsp3) is 0.714. The zero-order chi connectivity index (χ0) is 18.5. The van der Waals surface area contributed by atoms with Crippen molar-refractivity contribution in [3.63, 3.8) is 0 Å². The van der Waals surface area contributed by atoms with Crippen molar-refractivity contribution < 1.29 is 0 Å². The van der Waals surface area contributed by atoms with Crippen LogP contribution in [-0.2, 0) is 12.8 Å². The van der Waals surface area contributed by atoms with E-state index >= 15 is 0 Å². The van der Waals surface area contributed by atoms with Gasteiger partial charge in [-0.2, -0.15) is 0 Å². The molecule has 26 heavy (non-hydrogen) atoms. The third-order valence-corrected chi connectivity index (χ3v) is 5.87. The highest BCUT2D eigenvalue weighted by Gasteiger charge is 2.20. The lowest BCUT2D eigenvalue weighted by Gasteiger charge is -2.34. The first-order valence-electron chi connectivity index (χ1n) is 10.4. The van der Waals surface area contributed by atoms with Crippen molar-refractivity contribution in [1.29, 1.82) is 0 Å². The minimum Gasteiger partial charge on any atom is -0.382 e. The van der Waals surface area contributed by atoms with E-state index in [0.29, 0.717) is 11.9 Å². The Balaban J connectivity index is 1.56. The van der Waals surface area contributed by atoms with E-state index in [1.807, 2.05) is 0 Å². The van der Waals surface area contributed by atoms with Gasteiger partial charge in [0.25, 0.3) is 0 Å². The lowest BCUT2D eigenvalue weighted by atomic mass is 9.90. The van der Waals surface area contributed by atoms with Gasteiger partial charge in [-0.05, 0) is 70.5 Å². The molecule has 2 aromatic heterocycles. The van der Waals surface area contributed by atoms with Gasteiger partial charge in [0.15, 0.2) is 5.82 Å². The zero-order valence-corrected chi connectivity index (χ0v) is 16.7. The highest BCUT2D eigenvalue weighted by Crippen LogP contribution is 2.26. The molecule has 3 N–H and O–H groups in total. The molecule has 0 saturated carbocycles. The fourth-order valence-electron chi connectivity index (χ4n) is 4.10. The smallest absolute Gasteiger partial charge is 0.151 e. The second kappa shape index (κ2) is 8.85. The molecule has 1 saturated heterocycles. The minimum absolute atomic E-state index is 0.591. The van der Waals surface area contributed by atoms with Crippen molar-refractivity contribution in [3.05, 3.63) is 17.6 Å². The highest BCUT2D eigenvalue weighted by atomic mass is 15.1. The first kappa shape index (κ1) is 19.2. The minimum atomic E-state index is 0.591. The number of aryl methyl sites for hydroxylation is 2. The van der Waals surface area contributed by atoms with E-state index in [0.717, 1.165) is 48.5 Å². The molecule has 0 radical (unpaired) electrons. The Bertz CT molecular complexity index is 698. The van der Waals surface area contributed by atoms with Crippen molar-refractivity contribution in [2.75, 3.05) is 18.8 Å². The van der Waals surface area contributed by atoms with Gasteiger partial charge in [0, 0.05) is 18.7 Å². The summed E-state index contributed by atoms with van der Waals surface area (Å²) in [5, 5.41) is 0. The topological polar surface area (TPSA) is 70.8 Å². The summed E-state index contributed by atoms with van der Waals surface area (Å²) in [5.74, 6) is 2.36. The number of aromatic amines is 1. The first-order valence-corrected chi connectivity index (χ1v) is 10.4. The Morgan fingerprint density at radius 2 is 1.96 bits per heavy atom. The summed E-state index contributed by atoms with van der Waals surface area (Å²) in [6.45, 7) is 9.33. The molecule has 2 aromatic rings. The van der Waals surface area contributed by atoms with Crippen LogP contribution in [0.5, 0.6) is 0 Å². The molecular formula is C21H35N5. The van der Waals surface area contributed by atoms with E-state index in [9.17, 15) is 0 Å². The molecule has 1 aliphatic rings. The monoisotopic (exact) mass is 357 g/mol. The highest BCUT2D eigenvalue weighted by molar-refractivity contribution is 5.87. The summed E-state index contributed by atoms with van der Waals surface area (Å²) < 4.78 is 0. The van der Waals surface area contributed by atoms with Crippen LogP contribution in [0.4, 0.5) is 5.82 Å². The van der Waals surface area contributed by atoms with Gasteiger partial charge in [-0.3, -0.25) is 0 Å². The van der Waals surface area contributed by atoms with E-state index in [1.54, 1.807) is 0 Å².